The lowest BCUT2D eigenvalue weighted by Gasteiger charge is -2.13. The number of hydrogen-bond acceptors (Lipinski definition) is 2. The molecule has 2 aromatic heterocycles. The molecule has 0 bridgehead atoms. The highest BCUT2D eigenvalue weighted by Gasteiger charge is 2.13. The van der Waals surface area contributed by atoms with Crippen molar-refractivity contribution in [1.29, 1.82) is 0 Å². The fraction of sp³-hybridized carbons (Fsp3) is 0.214. The third-order valence-corrected chi connectivity index (χ3v) is 3.99. The zero-order valence-corrected chi connectivity index (χ0v) is 12.8. The van der Waals surface area contributed by atoms with Crippen molar-refractivity contribution in [2.24, 2.45) is 0 Å². The summed E-state index contributed by atoms with van der Waals surface area (Å²) in [5.41, 5.74) is 2.16. The number of furan rings is 1. The first-order chi connectivity index (χ1) is 9.15. The molecular formula is C14H13BrN2OS. The zero-order valence-electron chi connectivity index (χ0n) is 10.4. The first kappa shape index (κ1) is 12.7. The van der Waals surface area contributed by atoms with Crippen LogP contribution >= 0.6 is 28.1 Å². The number of hydrogen-bond donors (Lipinski definition) is 1. The SMILES string of the molecule is CC(Cc1ccco1)n1c(=S)[nH]c2ccc(Br)cc21. The first-order valence-electron chi connectivity index (χ1n) is 6.07. The molecule has 5 heteroatoms. The molecule has 0 radical (unpaired) electrons. The van der Waals surface area contributed by atoms with Gasteiger partial charge in [-0.1, -0.05) is 15.9 Å². The van der Waals surface area contributed by atoms with E-state index in [0.29, 0.717) is 0 Å². The monoisotopic (exact) mass is 336 g/mol. The van der Waals surface area contributed by atoms with Crippen LogP contribution in [0.15, 0.2) is 45.5 Å². The molecule has 2 heterocycles. The summed E-state index contributed by atoms with van der Waals surface area (Å²) in [6, 6.07) is 10.3. The van der Waals surface area contributed by atoms with Crippen LogP contribution in [0.3, 0.4) is 0 Å². The van der Waals surface area contributed by atoms with E-state index in [9.17, 15) is 0 Å². The van der Waals surface area contributed by atoms with Crippen LogP contribution in [0.1, 0.15) is 18.7 Å². The molecule has 3 nitrogen and oxygen atoms in total. The van der Waals surface area contributed by atoms with Crippen molar-refractivity contribution in [2.75, 3.05) is 0 Å². The molecule has 0 aliphatic rings. The predicted molar refractivity (Wildman–Crippen MR) is 81.9 cm³/mol. The van der Waals surface area contributed by atoms with Crippen molar-refractivity contribution in [3.63, 3.8) is 0 Å². The number of H-pyrrole nitrogens is 1. The van der Waals surface area contributed by atoms with Crippen molar-refractivity contribution < 1.29 is 4.42 Å². The number of nitrogens with one attached hydrogen (secondary N) is 1. The lowest BCUT2D eigenvalue weighted by Crippen LogP contribution is -2.07. The Morgan fingerprint density at radius 1 is 1.42 bits per heavy atom. The number of halogens is 1. The molecule has 0 fully saturated rings. The molecule has 3 rings (SSSR count). The Kier molecular flexibility index (Phi) is 3.33. The highest BCUT2D eigenvalue weighted by Crippen LogP contribution is 2.24. The number of fused-ring (bicyclic) bond motifs is 1. The van der Waals surface area contributed by atoms with Crippen molar-refractivity contribution in [3.8, 4) is 0 Å². The summed E-state index contributed by atoms with van der Waals surface area (Å²) in [7, 11) is 0. The van der Waals surface area contributed by atoms with Gasteiger partial charge in [-0.05, 0) is 49.5 Å². The van der Waals surface area contributed by atoms with Crippen molar-refractivity contribution in [3.05, 3.63) is 51.6 Å². The third-order valence-electron chi connectivity index (χ3n) is 3.20. The molecule has 98 valence electrons. The zero-order chi connectivity index (χ0) is 13.4. The van der Waals surface area contributed by atoms with Crippen LogP contribution in [0.2, 0.25) is 0 Å². The summed E-state index contributed by atoms with van der Waals surface area (Å²) in [5.74, 6) is 0.971. The Labute approximate surface area is 124 Å². The fourth-order valence-corrected chi connectivity index (χ4v) is 3.08. The Morgan fingerprint density at radius 3 is 3.00 bits per heavy atom. The second-order valence-electron chi connectivity index (χ2n) is 4.59. The van der Waals surface area contributed by atoms with Crippen molar-refractivity contribution in [1.82, 2.24) is 9.55 Å². The third kappa shape index (κ3) is 2.40. The minimum absolute atomic E-state index is 0.238. The molecule has 1 atom stereocenters. The number of imidazole rings is 1. The molecule has 0 saturated carbocycles. The number of aromatic amines is 1. The van der Waals surface area contributed by atoms with Gasteiger partial charge < -0.3 is 14.0 Å². The van der Waals surface area contributed by atoms with Crippen LogP contribution in [-0.4, -0.2) is 9.55 Å². The molecule has 0 aliphatic heterocycles. The molecule has 3 aromatic rings. The Balaban J connectivity index is 2.06. The molecule has 0 spiro atoms. The number of aromatic nitrogens is 2. The summed E-state index contributed by atoms with van der Waals surface area (Å²) in [4.78, 5) is 3.24. The quantitative estimate of drug-likeness (QED) is 0.693. The second kappa shape index (κ2) is 4.98. The standard InChI is InChI=1S/C14H13BrN2OS/c1-9(7-11-3-2-6-18-11)17-13-8-10(15)4-5-12(13)16-14(17)19/h2-6,8-9H,7H2,1H3,(H,16,19). The van der Waals surface area contributed by atoms with Gasteiger partial charge in [0.2, 0.25) is 0 Å². The maximum absolute atomic E-state index is 5.43. The van der Waals surface area contributed by atoms with Crippen LogP contribution < -0.4 is 0 Å². The summed E-state index contributed by atoms with van der Waals surface area (Å²) >= 11 is 8.94. The molecule has 1 aromatic carbocycles. The van der Waals surface area contributed by atoms with Gasteiger partial charge in [0.1, 0.15) is 5.76 Å². The Morgan fingerprint density at radius 2 is 2.26 bits per heavy atom. The van der Waals surface area contributed by atoms with E-state index in [4.69, 9.17) is 16.6 Å². The van der Waals surface area contributed by atoms with E-state index in [-0.39, 0.29) is 6.04 Å². The van der Waals surface area contributed by atoms with Gasteiger partial charge in [0.05, 0.1) is 17.3 Å². The van der Waals surface area contributed by atoms with Gasteiger partial charge in [-0.15, -0.1) is 0 Å². The largest absolute Gasteiger partial charge is 0.469 e. The minimum atomic E-state index is 0.238. The first-order valence-corrected chi connectivity index (χ1v) is 7.27. The molecular weight excluding hydrogens is 324 g/mol. The smallest absolute Gasteiger partial charge is 0.178 e. The van der Waals surface area contributed by atoms with Gasteiger partial charge in [0, 0.05) is 16.9 Å². The summed E-state index contributed by atoms with van der Waals surface area (Å²) < 4.78 is 9.34. The summed E-state index contributed by atoms with van der Waals surface area (Å²) in [6.07, 6.45) is 2.52. The highest BCUT2D eigenvalue weighted by molar-refractivity contribution is 9.10. The number of rotatable bonds is 3. The molecule has 0 saturated heterocycles. The normalized spacial score (nSPS) is 12.9. The molecule has 0 amide bonds. The minimum Gasteiger partial charge on any atom is -0.469 e. The van der Waals surface area contributed by atoms with Gasteiger partial charge in [-0.3, -0.25) is 0 Å². The fourth-order valence-electron chi connectivity index (χ4n) is 2.34. The van der Waals surface area contributed by atoms with Crippen LogP contribution in [0.4, 0.5) is 0 Å². The van der Waals surface area contributed by atoms with Crippen molar-refractivity contribution in [2.45, 2.75) is 19.4 Å². The van der Waals surface area contributed by atoms with Gasteiger partial charge in [-0.25, -0.2) is 0 Å². The average Bonchev–Trinajstić information content (AvgIpc) is 2.95. The van der Waals surface area contributed by atoms with E-state index in [0.717, 1.165) is 32.5 Å². The lowest BCUT2D eigenvalue weighted by atomic mass is 10.2. The maximum atomic E-state index is 5.43. The van der Waals surface area contributed by atoms with E-state index >= 15 is 0 Å². The Hall–Kier alpha value is -1.33. The van der Waals surface area contributed by atoms with Gasteiger partial charge >= 0.3 is 0 Å². The Bertz CT molecular complexity index is 757. The molecule has 0 aliphatic carbocycles. The topological polar surface area (TPSA) is 33.9 Å². The van der Waals surface area contributed by atoms with Crippen LogP contribution in [0, 0.1) is 4.77 Å². The molecule has 1 unspecified atom stereocenters. The van der Waals surface area contributed by atoms with Crippen LogP contribution in [-0.2, 0) is 6.42 Å². The van der Waals surface area contributed by atoms with E-state index < -0.39 is 0 Å². The predicted octanol–water partition coefficient (Wildman–Crippen LogP) is 4.86. The number of benzene rings is 1. The highest BCUT2D eigenvalue weighted by atomic mass is 79.9. The van der Waals surface area contributed by atoms with E-state index in [2.05, 4.69) is 38.5 Å². The van der Waals surface area contributed by atoms with E-state index in [1.165, 1.54) is 0 Å². The molecule has 19 heavy (non-hydrogen) atoms. The second-order valence-corrected chi connectivity index (χ2v) is 5.90. The summed E-state index contributed by atoms with van der Waals surface area (Å²) in [5, 5.41) is 0. The number of nitrogens with zero attached hydrogens (tertiary/aromatic N) is 1. The van der Waals surface area contributed by atoms with Gasteiger partial charge in [0.25, 0.3) is 0 Å². The van der Waals surface area contributed by atoms with Crippen LogP contribution in [0.5, 0.6) is 0 Å². The van der Waals surface area contributed by atoms with Crippen LogP contribution in [0.25, 0.3) is 11.0 Å². The van der Waals surface area contributed by atoms with Crippen molar-refractivity contribution >= 4 is 39.2 Å². The maximum Gasteiger partial charge on any atom is 0.178 e. The van der Waals surface area contributed by atoms with E-state index in [1.807, 2.05) is 24.3 Å². The summed E-state index contributed by atoms with van der Waals surface area (Å²) in [6.45, 7) is 2.15. The molecule has 1 N–H and O–H groups in total. The lowest BCUT2D eigenvalue weighted by molar-refractivity contribution is 0.452. The van der Waals surface area contributed by atoms with Gasteiger partial charge in [-0.2, -0.15) is 0 Å². The van der Waals surface area contributed by atoms with E-state index in [1.54, 1.807) is 6.26 Å². The van der Waals surface area contributed by atoms with Gasteiger partial charge in [0.15, 0.2) is 4.77 Å². The average molecular weight is 337 g/mol.